The van der Waals surface area contributed by atoms with Gasteiger partial charge in [-0.25, -0.2) is 0 Å². The lowest BCUT2D eigenvalue weighted by molar-refractivity contribution is 0.0705. The summed E-state index contributed by atoms with van der Waals surface area (Å²) in [6, 6.07) is 8.83. The zero-order chi connectivity index (χ0) is 14.1. The molecule has 4 nitrogen and oxygen atoms in total. The van der Waals surface area contributed by atoms with E-state index in [1.165, 1.54) is 5.56 Å². The molecule has 0 saturated carbocycles. The third-order valence-electron chi connectivity index (χ3n) is 3.26. The largest absolute Gasteiger partial charge is 0.383 e. The van der Waals surface area contributed by atoms with Gasteiger partial charge in [-0.15, -0.1) is 0 Å². The Hall–Kier alpha value is -0.940. The number of ether oxygens (including phenoxy) is 2. The maximum atomic E-state index is 5.61. The normalized spacial score (nSPS) is 12.9. The molecule has 1 aromatic rings. The van der Waals surface area contributed by atoms with Crippen LogP contribution in [0.5, 0.6) is 0 Å². The van der Waals surface area contributed by atoms with Crippen molar-refractivity contribution in [3.05, 3.63) is 35.4 Å². The third kappa shape index (κ3) is 5.70. The monoisotopic (exact) mass is 266 g/mol. The van der Waals surface area contributed by atoms with E-state index in [-0.39, 0.29) is 0 Å². The first-order chi connectivity index (χ1) is 9.21. The van der Waals surface area contributed by atoms with Crippen molar-refractivity contribution in [2.75, 3.05) is 34.0 Å². The van der Waals surface area contributed by atoms with Crippen LogP contribution in [0.2, 0.25) is 0 Å². The second-order valence-corrected chi connectivity index (χ2v) is 4.79. The van der Waals surface area contributed by atoms with Gasteiger partial charge in [0.15, 0.2) is 0 Å². The lowest BCUT2D eigenvalue weighted by atomic mass is 10.1. The predicted molar refractivity (Wildman–Crippen MR) is 78.0 cm³/mol. The van der Waals surface area contributed by atoms with Crippen molar-refractivity contribution < 1.29 is 9.47 Å². The Kier molecular flexibility index (Phi) is 7.67. The highest BCUT2D eigenvalue weighted by molar-refractivity contribution is 5.22. The third-order valence-corrected chi connectivity index (χ3v) is 3.26. The van der Waals surface area contributed by atoms with Gasteiger partial charge < -0.3 is 15.2 Å². The van der Waals surface area contributed by atoms with E-state index in [9.17, 15) is 0 Å². The first kappa shape index (κ1) is 16.1. The molecule has 0 amide bonds. The van der Waals surface area contributed by atoms with Gasteiger partial charge in [-0.3, -0.25) is 4.90 Å². The molecule has 0 aliphatic carbocycles. The molecule has 0 radical (unpaired) electrons. The zero-order valence-electron chi connectivity index (χ0n) is 12.3. The summed E-state index contributed by atoms with van der Waals surface area (Å²) in [5.41, 5.74) is 8.06. The topological polar surface area (TPSA) is 47.7 Å². The Bertz CT molecular complexity index is 341. The van der Waals surface area contributed by atoms with Crippen LogP contribution in [0, 0.1) is 0 Å². The summed E-state index contributed by atoms with van der Waals surface area (Å²) in [5, 5.41) is 0. The molecule has 1 aromatic carbocycles. The van der Waals surface area contributed by atoms with Crippen LogP contribution in [-0.4, -0.2) is 44.9 Å². The summed E-state index contributed by atoms with van der Waals surface area (Å²) in [7, 11) is 3.47. The molecule has 19 heavy (non-hydrogen) atoms. The second-order valence-electron chi connectivity index (χ2n) is 4.79. The van der Waals surface area contributed by atoms with Crippen LogP contribution in [0.3, 0.4) is 0 Å². The summed E-state index contributed by atoms with van der Waals surface area (Å²) in [6.45, 7) is 6.03. The molecule has 4 heteroatoms. The first-order valence-electron chi connectivity index (χ1n) is 6.71. The summed E-state index contributed by atoms with van der Waals surface area (Å²) in [4.78, 5) is 2.37. The molecule has 2 N–H and O–H groups in total. The molecule has 0 saturated heterocycles. The summed E-state index contributed by atoms with van der Waals surface area (Å²) in [6.07, 6.45) is 0. The van der Waals surface area contributed by atoms with Gasteiger partial charge in [-0.2, -0.15) is 0 Å². The Morgan fingerprint density at radius 1 is 1.11 bits per heavy atom. The number of rotatable bonds is 9. The van der Waals surface area contributed by atoms with Crippen LogP contribution < -0.4 is 5.73 Å². The van der Waals surface area contributed by atoms with Crippen molar-refractivity contribution in [2.45, 2.75) is 26.1 Å². The van der Waals surface area contributed by atoms with Crippen molar-refractivity contribution >= 4 is 0 Å². The van der Waals surface area contributed by atoms with Crippen LogP contribution in [0.4, 0.5) is 0 Å². The highest BCUT2D eigenvalue weighted by Gasteiger charge is 2.13. The maximum absolute atomic E-state index is 5.61. The number of methoxy groups -OCH3 is 2. The van der Waals surface area contributed by atoms with Gasteiger partial charge in [-0.1, -0.05) is 24.3 Å². The lowest BCUT2D eigenvalue weighted by Gasteiger charge is -2.28. The van der Waals surface area contributed by atoms with Gasteiger partial charge in [-0.05, 0) is 18.1 Å². The molecule has 0 aromatic heterocycles. The van der Waals surface area contributed by atoms with Crippen molar-refractivity contribution in [1.82, 2.24) is 4.90 Å². The van der Waals surface area contributed by atoms with E-state index < -0.39 is 0 Å². The molecule has 0 aliphatic heterocycles. The van der Waals surface area contributed by atoms with E-state index in [4.69, 9.17) is 15.2 Å². The standard InChI is InChI=1S/C15H26N2O2/c1-13(12-19-3)17(8-9-18-2)11-15-6-4-14(10-16)5-7-15/h4-7,13H,8-12,16H2,1-3H3. The van der Waals surface area contributed by atoms with Crippen molar-refractivity contribution in [3.63, 3.8) is 0 Å². The van der Waals surface area contributed by atoms with Crippen LogP contribution in [0.25, 0.3) is 0 Å². The fourth-order valence-corrected chi connectivity index (χ4v) is 2.03. The molecular weight excluding hydrogens is 240 g/mol. The van der Waals surface area contributed by atoms with E-state index >= 15 is 0 Å². The average molecular weight is 266 g/mol. The quantitative estimate of drug-likeness (QED) is 0.738. The minimum absolute atomic E-state index is 0.370. The van der Waals surface area contributed by atoms with E-state index in [1.54, 1.807) is 14.2 Å². The molecule has 0 bridgehead atoms. The lowest BCUT2D eigenvalue weighted by Crippen LogP contribution is -2.38. The van der Waals surface area contributed by atoms with E-state index in [0.29, 0.717) is 12.6 Å². The number of benzene rings is 1. The minimum atomic E-state index is 0.370. The first-order valence-corrected chi connectivity index (χ1v) is 6.71. The van der Waals surface area contributed by atoms with Crippen molar-refractivity contribution in [3.8, 4) is 0 Å². The summed E-state index contributed by atoms with van der Waals surface area (Å²) < 4.78 is 10.4. The maximum Gasteiger partial charge on any atom is 0.0615 e. The molecular formula is C15H26N2O2. The molecule has 0 fully saturated rings. The SMILES string of the molecule is COCCN(Cc1ccc(CN)cc1)C(C)COC. The Morgan fingerprint density at radius 3 is 2.26 bits per heavy atom. The van der Waals surface area contributed by atoms with Crippen molar-refractivity contribution in [2.24, 2.45) is 5.73 Å². The van der Waals surface area contributed by atoms with Crippen LogP contribution in [0.1, 0.15) is 18.1 Å². The van der Waals surface area contributed by atoms with Gasteiger partial charge >= 0.3 is 0 Å². The van der Waals surface area contributed by atoms with Gasteiger partial charge in [0.25, 0.3) is 0 Å². The van der Waals surface area contributed by atoms with Gasteiger partial charge in [0.2, 0.25) is 0 Å². The number of nitrogens with zero attached hydrogens (tertiary/aromatic N) is 1. The van der Waals surface area contributed by atoms with E-state index in [1.807, 2.05) is 0 Å². The summed E-state index contributed by atoms with van der Waals surface area (Å²) in [5.74, 6) is 0. The molecule has 108 valence electrons. The number of hydrogen-bond donors (Lipinski definition) is 1. The number of hydrogen-bond acceptors (Lipinski definition) is 4. The Morgan fingerprint density at radius 2 is 1.74 bits per heavy atom. The second kappa shape index (κ2) is 9.04. The van der Waals surface area contributed by atoms with Crippen LogP contribution in [-0.2, 0) is 22.6 Å². The average Bonchev–Trinajstić information content (AvgIpc) is 2.44. The zero-order valence-corrected chi connectivity index (χ0v) is 12.3. The number of nitrogens with two attached hydrogens (primary N) is 1. The van der Waals surface area contributed by atoms with E-state index in [0.717, 1.165) is 31.9 Å². The Balaban J connectivity index is 2.63. The fraction of sp³-hybridized carbons (Fsp3) is 0.600. The molecule has 1 unspecified atom stereocenters. The van der Waals surface area contributed by atoms with Gasteiger partial charge in [0, 0.05) is 39.9 Å². The molecule has 0 aliphatic rings. The van der Waals surface area contributed by atoms with E-state index in [2.05, 4.69) is 36.1 Å². The van der Waals surface area contributed by atoms with Crippen molar-refractivity contribution in [1.29, 1.82) is 0 Å². The molecule has 0 heterocycles. The highest BCUT2D eigenvalue weighted by atomic mass is 16.5. The smallest absolute Gasteiger partial charge is 0.0615 e. The van der Waals surface area contributed by atoms with Gasteiger partial charge in [0.1, 0.15) is 0 Å². The predicted octanol–water partition coefficient (Wildman–Crippen LogP) is 1.63. The van der Waals surface area contributed by atoms with Crippen LogP contribution in [0.15, 0.2) is 24.3 Å². The molecule has 0 spiro atoms. The molecule has 1 atom stereocenters. The summed E-state index contributed by atoms with van der Waals surface area (Å²) >= 11 is 0. The minimum Gasteiger partial charge on any atom is -0.383 e. The molecule has 1 rings (SSSR count). The fourth-order valence-electron chi connectivity index (χ4n) is 2.03. The Labute approximate surface area is 116 Å². The van der Waals surface area contributed by atoms with Gasteiger partial charge in [0.05, 0.1) is 13.2 Å². The van der Waals surface area contributed by atoms with Crippen LogP contribution >= 0.6 is 0 Å². The highest BCUT2D eigenvalue weighted by Crippen LogP contribution is 2.10.